The number of aromatic hydroxyl groups is 1. The number of hydrogen-bond acceptors (Lipinski definition) is 4. The number of carbonyl (C=O) groups is 1. The smallest absolute Gasteiger partial charge is 0.243 e. The number of anilines is 1. The van der Waals surface area contributed by atoms with E-state index < -0.39 is 11.9 Å². The third kappa shape index (κ3) is 4.40. The first-order valence-electron chi connectivity index (χ1n) is 4.59. The molecule has 0 saturated heterocycles. The number of para-hydroxylation sites is 1. The van der Waals surface area contributed by atoms with Crippen molar-refractivity contribution in [2.75, 3.05) is 19.0 Å². The molecule has 0 saturated carbocycles. The molecule has 1 amide bonds. The molecule has 0 bridgehead atoms. The average Bonchev–Trinajstić information content (AvgIpc) is 2.25. The second-order valence-corrected chi connectivity index (χ2v) is 3.59. The Morgan fingerprint density at radius 1 is 1.65 bits per heavy atom. The zero-order chi connectivity index (χ0) is 12.1. The van der Waals surface area contributed by atoms with Crippen LogP contribution in [0, 0.1) is 0 Å². The monoisotopic (exact) mass is 280 g/mol. The molecule has 1 rings (SSSR count). The van der Waals surface area contributed by atoms with Crippen LogP contribution in [0.3, 0.4) is 0 Å². The van der Waals surface area contributed by atoms with Crippen molar-refractivity contribution in [2.24, 2.45) is 5.73 Å². The third-order valence-corrected chi connectivity index (χ3v) is 2.23. The van der Waals surface area contributed by atoms with Crippen LogP contribution in [0.4, 0.5) is 5.69 Å². The average molecular weight is 281 g/mol. The molecular formula is C10H14Cl2N2O3. The van der Waals surface area contributed by atoms with Crippen LogP contribution in [0.15, 0.2) is 18.2 Å². The first-order valence-corrected chi connectivity index (χ1v) is 4.97. The van der Waals surface area contributed by atoms with Gasteiger partial charge in [0.05, 0.1) is 17.3 Å². The molecule has 1 aromatic rings. The van der Waals surface area contributed by atoms with Crippen molar-refractivity contribution in [3.05, 3.63) is 23.2 Å². The minimum atomic E-state index is -0.789. The molecule has 96 valence electrons. The zero-order valence-electron chi connectivity index (χ0n) is 9.14. The fourth-order valence-electron chi connectivity index (χ4n) is 1.10. The molecule has 0 aliphatic rings. The number of hydrogen-bond donors (Lipinski definition) is 3. The van der Waals surface area contributed by atoms with Crippen molar-refractivity contribution in [2.45, 2.75) is 6.04 Å². The predicted molar refractivity (Wildman–Crippen MR) is 68.8 cm³/mol. The van der Waals surface area contributed by atoms with Crippen LogP contribution in [0.5, 0.6) is 5.75 Å². The fraction of sp³-hybridized carbons (Fsp3) is 0.300. The molecule has 0 heterocycles. The second-order valence-electron chi connectivity index (χ2n) is 3.19. The number of amides is 1. The summed E-state index contributed by atoms with van der Waals surface area (Å²) in [6.07, 6.45) is 0. The lowest BCUT2D eigenvalue weighted by Gasteiger charge is -2.12. The quantitative estimate of drug-likeness (QED) is 0.728. The molecule has 0 spiro atoms. The van der Waals surface area contributed by atoms with Crippen molar-refractivity contribution in [3.63, 3.8) is 0 Å². The van der Waals surface area contributed by atoms with Gasteiger partial charge in [-0.3, -0.25) is 4.79 Å². The van der Waals surface area contributed by atoms with E-state index in [1.54, 1.807) is 6.07 Å². The minimum Gasteiger partial charge on any atom is -0.504 e. The van der Waals surface area contributed by atoms with Gasteiger partial charge in [0.15, 0.2) is 5.75 Å². The number of phenols is 1. The van der Waals surface area contributed by atoms with E-state index >= 15 is 0 Å². The van der Waals surface area contributed by atoms with Crippen LogP contribution in [-0.4, -0.2) is 30.8 Å². The summed E-state index contributed by atoms with van der Waals surface area (Å²) < 4.78 is 4.74. The Labute approximate surface area is 110 Å². The molecule has 0 radical (unpaired) electrons. The van der Waals surface area contributed by atoms with Gasteiger partial charge in [-0.05, 0) is 12.1 Å². The van der Waals surface area contributed by atoms with Gasteiger partial charge < -0.3 is 20.9 Å². The number of methoxy groups -OCH3 is 1. The van der Waals surface area contributed by atoms with Gasteiger partial charge in [0.1, 0.15) is 6.04 Å². The number of halogens is 2. The molecule has 0 aliphatic carbocycles. The highest BCUT2D eigenvalue weighted by Crippen LogP contribution is 2.31. The zero-order valence-corrected chi connectivity index (χ0v) is 10.7. The molecule has 0 fully saturated rings. The lowest BCUT2D eigenvalue weighted by molar-refractivity contribution is -0.118. The number of phenolic OH excluding ortho intramolecular Hbond substituents is 1. The van der Waals surface area contributed by atoms with Gasteiger partial charge in [0.2, 0.25) is 5.91 Å². The fourth-order valence-corrected chi connectivity index (χ4v) is 1.27. The van der Waals surface area contributed by atoms with Gasteiger partial charge in [-0.25, -0.2) is 0 Å². The highest BCUT2D eigenvalue weighted by Gasteiger charge is 2.15. The molecule has 7 heteroatoms. The van der Waals surface area contributed by atoms with Gasteiger partial charge in [-0.1, -0.05) is 17.7 Å². The molecule has 1 unspecified atom stereocenters. The maximum Gasteiger partial charge on any atom is 0.243 e. The number of nitrogens with one attached hydrogen (secondary N) is 1. The van der Waals surface area contributed by atoms with Crippen LogP contribution in [-0.2, 0) is 9.53 Å². The molecule has 5 nitrogen and oxygen atoms in total. The maximum atomic E-state index is 11.5. The van der Waals surface area contributed by atoms with Gasteiger partial charge in [-0.15, -0.1) is 12.4 Å². The summed E-state index contributed by atoms with van der Waals surface area (Å²) in [4.78, 5) is 11.5. The molecular weight excluding hydrogens is 267 g/mol. The lowest BCUT2D eigenvalue weighted by Crippen LogP contribution is -2.39. The Morgan fingerprint density at radius 2 is 2.29 bits per heavy atom. The topological polar surface area (TPSA) is 84.6 Å². The van der Waals surface area contributed by atoms with E-state index in [-0.39, 0.29) is 35.5 Å². The molecule has 0 aliphatic heterocycles. The first kappa shape index (κ1) is 16.0. The van der Waals surface area contributed by atoms with Gasteiger partial charge in [-0.2, -0.15) is 0 Å². The van der Waals surface area contributed by atoms with E-state index in [1.807, 2.05) is 0 Å². The van der Waals surface area contributed by atoms with E-state index in [9.17, 15) is 9.90 Å². The van der Waals surface area contributed by atoms with E-state index in [2.05, 4.69) is 5.32 Å². The van der Waals surface area contributed by atoms with E-state index in [0.717, 1.165) is 0 Å². The Hall–Kier alpha value is -1.01. The summed E-state index contributed by atoms with van der Waals surface area (Å²) in [5, 5.41) is 12.2. The number of ether oxygens (including phenoxy) is 1. The highest BCUT2D eigenvalue weighted by molar-refractivity contribution is 6.32. The van der Waals surface area contributed by atoms with Crippen molar-refractivity contribution >= 4 is 35.6 Å². The molecule has 1 aromatic carbocycles. The van der Waals surface area contributed by atoms with Crippen LogP contribution in [0.25, 0.3) is 0 Å². The van der Waals surface area contributed by atoms with Crippen LogP contribution in [0.1, 0.15) is 0 Å². The summed E-state index contributed by atoms with van der Waals surface area (Å²) in [5.41, 5.74) is 5.74. The van der Waals surface area contributed by atoms with Gasteiger partial charge in [0.25, 0.3) is 0 Å². The lowest BCUT2D eigenvalue weighted by atomic mass is 10.2. The summed E-state index contributed by atoms with van der Waals surface area (Å²) in [5.74, 6) is -0.624. The minimum absolute atomic E-state index is 0. The first-order chi connectivity index (χ1) is 7.56. The summed E-state index contributed by atoms with van der Waals surface area (Å²) in [7, 11) is 1.45. The highest BCUT2D eigenvalue weighted by atomic mass is 35.5. The van der Waals surface area contributed by atoms with E-state index in [4.69, 9.17) is 22.1 Å². The normalized spacial score (nSPS) is 11.5. The van der Waals surface area contributed by atoms with Gasteiger partial charge >= 0.3 is 0 Å². The van der Waals surface area contributed by atoms with Crippen molar-refractivity contribution in [3.8, 4) is 5.75 Å². The van der Waals surface area contributed by atoms with E-state index in [0.29, 0.717) is 0 Å². The Morgan fingerprint density at radius 3 is 2.88 bits per heavy atom. The molecule has 0 aromatic heterocycles. The standard InChI is InChI=1S/C10H13ClN2O3.ClH/c1-16-5-7(12)10(15)13-8-4-2-3-6(11)9(8)14;/h2-4,7,14H,5,12H2,1H3,(H,13,15);1H. The van der Waals surface area contributed by atoms with E-state index in [1.165, 1.54) is 19.2 Å². The van der Waals surface area contributed by atoms with Crippen LogP contribution >= 0.6 is 24.0 Å². The molecule has 1 atom stereocenters. The Kier molecular flexibility index (Phi) is 6.91. The SMILES string of the molecule is COCC(N)C(=O)Nc1cccc(Cl)c1O.Cl. The number of rotatable bonds is 4. The van der Waals surface area contributed by atoms with Gasteiger partial charge in [0, 0.05) is 7.11 Å². The predicted octanol–water partition coefficient (Wildman–Crippen LogP) is 1.38. The second kappa shape index (κ2) is 7.34. The summed E-state index contributed by atoms with van der Waals surface area (Å²) in [6, 6.07) is 3.86. The van der Waals surface area contributed by atoms with Crippen molar-refractivity contribution in [1.29, 1.82) is 0 Å². The Balaban J connectivity index is 0.00000256. The number of nitrogens with two attached hydrogens (primary N) is 1. The number of benzene rings is 1. The maximum absolute atomic E-state index is 11.5. The van der Waals surface area contributed by atoms with Crippen molar-refractivity contribution < 1.29 is 14.6 Å². The van der Waals surface area contributed by atoms with Crippen molar-refractivity contribution in [1.82, 2.24) is 0 Å². The number of carbonyl (C=O) groups excluding carboxylic acids is 1. The molecule has 17 heavy (non-hydrogen) atoms. The van der Waals surface area contributed by atoms with Crippen LogP contribution < -0.4 is 11.1 Å². The molecule has 4 N–H and O–H groups in total. The third-order valence-electron chi connectivity index (χ3n) is 1.93. The summed E-state index contributed by atoms with van der Waals surface area (Å²) >= 11 is 5.68. The van der Waals surface area contributed by atoms with Crippen LogP contribution in [0.2, 0.25) is 5.02 Å². The Bertz CT molecular complexity index is 388. The largest absolute Gasteiger partial charge is 0.504 e. The summed E-state index contributed by atoms with van der Waals surface area (Å²) in [6.45, 7) is 0.104.